The molecule has 4 heteroatoms. The van der Waals surface area contributed by atoms with Crippen molar-refractivity contribution in [2.45, 2.75) is 65.0 Å². The highest BCUT2D eigenvalue weighted by atomic mass is 28.4. The lowest BCUT2D eigenvalue weighted by Gasteiger charge is -2.44. The average Bonchev–Trinajstić information content (AvgIpc) is 2.23. The molecule has 0 atom stereocenters. The molecule has 0 aliphatic heterocycles. The summed E-state index contributed by atoms with van der Waals surface area (Å²) in [4.78, 5) is 0. The van der Waals surface area contributed by atoms with Crippen LogP contribution in [0.25, 0.3) is 0 Å². The molecule has 0 aromatic heterocycles. The van der Waals surface area contributed by atoms with Gasteiger partial charge in [0.25, 0.3) is 0 Å². The summed E-state index contributed by atoms with van der Waals surface area (Å²) in [6.07, 6.45) is 1.99. The zero-order chi connectivity index (χ0) is 13.0. The summed E-state index contributed by atoms with van der Waals surface area (Å²) in [7, 11) is 0.766. The lowest BCUT2D eigenvalue weighted by atomic mass is 10.1. The number of hydrogen-bond acceptors (Lipinski definition) is 3. The van der Waals surface area contributed by atoms with Gasteiger partial charge in [-0.2, -0.15) is 0 Å². The molecule has 0 aromatic carbocycles. The molecule has 98 valence electrons. The first-order valence-electron chi connectivity index (χ1n) is 6.00. The number of rotatable bonds is 6. The van der Waals surface area contributed by atoms with Gasteiger partial charge in [-0.3, -0.25) is 0 Å². The maximum absolute atomic E-state index is 6.17. The fourth-order valence-corrected chi connectivity index (χ4v) is 5.11. The molecule has 0 amide bonds. The Kier molecular flexibility index (Phi) is 5.66. The van der Waals surface area contributed by atoms with Crippen LogP contribution in [0.4, 0.5) is 0 Å². The Morgan fingerprint density at radius 1 is 0.875 bits per heavy atom. The zero-order valence-corrected chi connectivity index (χ0v) is 13.1. The molecule has 0 N–H and O–H groups in total. The minimum Gasteiger partial charge on any atom is -0.376 e. The van der Waals surface area contributed by atoms with Gasteiger partial charge in [-0.15, -0.1) is 0 Å². The van der Waals surface area contributed by atoms with Gasteiger partial charge in [0, 0.05) is 19.3 Å². The first-order chi connectivity index (χ1) is 7.20. The van der Waals surface area contributed by atoms with E-state index in [1.165, 1.54) is 0 Å². The van der Waals surface area contributed by atoms with Crippen molar-refractivity contribution < 1.29 is 13.3 Å². The molecule has 0 aliphatic carbocycles. The Hall–Kier alpha value is 0.0969. The maximum Gasteiger partial charge on any atom is 0.507 e. The van der Waals surface area contributed by atoms with Crippen LogP contribution >= 0.6 is 0 Å². The molecule has 0 saturated carbocycles. The van der Waals surface area contributed by atoms with Crippen molar-refractivity contribution in [2.75, 3.05) is 14.2 Å². The SMILES string of the molecule is CCC(C)(CC)[Si](OC)(OC)OC(C)(C)C. The van der Waals surface area contributed by atoms with Crippen molar-refractivity contribution in [1.29, 1.82) is 0 Å². The van der Waals surface area contributed by atoms with Crippen LogP contribution in [0.1, 0.15) is 54.4 Å². The molecule has 0 rings (SSSR count). The summed E-state index contributed by atoms with van der Waals surface area (Å²) in [6, 6.07) is 0. The standard InChI is InChI=1S/C12H28O3Si/c1-9-12(6,10-2)16(13-7,14-8)15-11(3,4)5/h9-10H2,1-8H3. The van der Waals surface area contributed by atoms with Crippen molar-refractivity contribution in [1.82, 2.24) is 0 Å². The highest BCUT2D eigenvalue weighted by Gasteiger charge is 2.57. The summed E-state index contributed by atoms with van der Waals surface area (Å²) < 4.78 is 17.6. The summed E-state index contributed by atoms with van der Waals surface area (Å²) in [5.41, 5.74) is -0.246. The second kappa shape index (κ2) is 5.62. The Labute approximate surface area is 102 Å². The lowest BCUT2D eigenvalue weighted by Crippen LogP contribution is -2.57. The maximum atomic E-state index is 6.17. The molecule has 0 bridgehead atoms. The largest absolute Gasteiger partial charge is 0.507 e. The average molecular weight is 248 g/mol. The van der Waals surface area contributed by atoms with Crippen LogP contribution in [0.2, 0.25) is 5.04 Å². The van der Waals surface area contributed by atoms with E-state index < -0.39 is 8.80 Å². The Morgan fingerprint density at radius 2 is 1.25 bits per heavy atom. The summed E-state index contributed by atoms with van der Waals surface area (Å²) in [5, 5.41) is -0.0240. The van der Waals surface area contributed by atoms with Crippen LogP contribution < -0.4 is 0 Å². The zero-order valence-electron chi connectivity index (χ0n) is 12.1. The van der Waals surface area contributed by atoms with E-state index in [1.54, 1.807) is 14.2 Å². The minimum absolute atomic E-state index is 0.0240. The fraction of sp³-hybridized carbons (Fsp3) is 1.00. The third-order valence-corrected chi connectivity index (χ3v) is 7.42. The van der Waals surface area contributed by atoms with Gasteiger partial charge in [0.2, 0.25) is 0 Å². The highest BCUT2D eigenvalue weighted by Crippen LogP contribution is 2.46. The first-order valence-corrected chi connectivity index (χ1v) is 7.73. The Morgan fingerprint density at radius 3 is 1.44 bits per heavy atom. The molecule has 0 heterocycles. The van der Waals surface area contributed by atoms with E-state index in [0.29, 0.717) is 0 Å². The molecular weight excluding hydrogens is 220 g/mol. The van der Waals surface area contributed by atoms with E-state index in [2.05, 4.69) is 20.8 Å². The van der Waals surface area contributed by atoms with E-state index >= 15 is 0 Å². The quantitative estimate of drug-likeness (QED) is 0.672. The molecular formula is C12H28O3Si. The summed E-state index contributed by atoms with van der Waals surface area (Å²) >= 11 is 0. The van der Waals surface area contributed by atoms with Crippen molar-refractivity contribution in [3.05, 3.63) is 0 Å². The molecule has 0 aliphatic rings. The van der Waals surface area contributed by atoms with E-state index in [4.69, 9.17) is 13.3 Å². The Balaban J connectivity index is 5.23. The van der Waals surface area contributed by atoms with Crippen LogP contribution in [0.5, 0.6) is 0 Å². The minimum atomic E-state index is -2.63. The second-order valence-electron chi connectivity index (χ2n) is 5.45. The third-order valence-electron chi connectivity index (χ3n) is 3.28. The van der Waals surface area contributed by atoms with Crippen LogP contribution in [-0.2, 0) is 13.3 Å². The first kappa shape index (κ1) is 16.1. The van der Waals surface area contributed by atoms with Crippen molar-refractivity contribution in [2.24, 2.45) is 0 Å². The Bertz CT molecular complexity index is 203. The molecule has 3 nitrogen and oxygen atoms in total. The predicted octanol–water partition coefficient (Wildman–Crippen LogP) is 3.61. The third kappa shape index (κ3) is 3.29. The molecule has 0 fully saturated rings. The molecule has 0 unspecified atom stereocenters. The van der Waals surface area contributed by atoms with Gasteiger partial charge in [-0.25, -0.2) is 0 Å². The van der Waals surface area contributed by atoms with Crippen LogP contribution in [0.15, 0.2) is 0 Å². The fourth-order valence-electron chi connectivity index (χ4n) is 1.87. The van der Waals surface area contributed by atoms with E-state index in [9.17, 15) is 0 Å². The van der Waals surface area contributed by atoms with Crippen LogP contribution in [-0.4, -0.2) is 28.6 Å². The highest BCUT2D eigenvalue weighted by molar-refractivity contribution is 6.64. The number of hydrogen-bond donors (Lipinski definition) is 0. The van der Waals surface area contributed by atoms with Gasteiger partial charge in [0.05, 0.1) is 5.60 Å². The smallest absolute Gasteiger partial charge is 0.376 e. The van der Waals surface area contributed by atoms with Gasteiger partial charge in [-0.05, 0) is 33.6 Å². The normalized spacial score (nSPS) is 14.2. The van der Waals surface area contributed by atoms with Gasteiger partial charge >= 0.3 is 8.80 Å². The van der Waals surface area contributed by atoms with Gasteiger partial charge in [-0.1, -0.05) is 20.8 Å². The van der Waals surface area contributed by atoms with Crippen molar-refractivity contribution >= 4 is 8.80 Å². The van der Waals surface area contributed by atoms with Crippen LogP contribution in [0.3, 0.4) is 0 Å². The summed E-state index contributed by atoms with van der Waals surface area (Å²) in [5.74, 6) is 0. The van der Waals surface area contributed by atoms with E-state index in [-0.39, 0.29) is 10.6 Å². The van der Waals surface area contributed by atoms with E-state index in [1.807, 2.05) is 20.8 Å². The van der Waals surface area contributed by atoms with Gasteiger partial charge in [0.15, 0.2) is 0 Å². The van der Waals surface area contributed by atoms with Crippen molar-refractivity contribution in [3.8, 4) is 0 Å². The second-order valence-corrected chi connectivity index (χ2v) is 8.79. The van der Waals surface area contributed by atoms with Crippen molar-refractivity contribution in [3.63, 3.8) is 0 Å². The molecule has 0 saturated heterocycles. The van der Waals surface area contributed by atoms with E-state index in [0.717, 1.165) is 12.8 Å². The summed E-state index contributed by atoms with van der Waals surface area (Å²) in [6.45, 7) is 12.6. The van der Waals surface area contributed by atoms with Crippen LogP contribution in [0, 0.1) is 0 Å². The topological polar surface area (TPSA) is 27.7 Å². The molecule has 0 radical (unpaired) electrons. The predicted molar refractivity (Wildman–Crippen MR) is 69.6 cm³/mol. The van der Waals surface area contributed by atoms with Gasteiger partial charge < -0.3 is 13.3 Å². The molecule has 0 spiro atoms. The molecule has 0 aromatic rings. The monoisotopic (exact) mass is 248 g/mol. The van der Waals surface area contributed by atoms with Gasteiger partial charge in [0.1, 0.15) is 0 Å². The molecule has 16 heavy (non-hydrogen) atoms. The lowest BCUT2D eigenvalue weighted by molar-refractivity contribution is -0.00335.